The molecule has 3 nitrogen and oxygen atoms in total. The van der Waals surface area contributed by atoms with Crippen LogP contribution in [0.2, 0.25) is 0 Å². The van der Waals surface area contributed by atoms with Gasteiger partial charge in [0.1, 0.15) is 0 Å². The van der Waals surface area contributed by atoms with Crippen LogP contribution in [0.1, 0.15) is 35.6 Å². The van der Waals surface area contributed by atoms with Crippen LogP contribution in [-0.4, -0.2) is 6.03 Å². The number of carbonyl (C=O) groups is 1. The third kappa shape index (κ3) is 3.69. The van der Waals surface area contributed by atoms with Crippen molar-refractivity contribution in [2.75, 3.05) is 5.32 Å². The molecule has 2 aromatic rings. The van der Waals surface area contributed by atoms with Crippen LogP contribution in [0, 0.1) is 0 Å². The molecule has 0 aromatic heterocycles. The van der Waals surface area contributed by atoms with E-state index in [4.69, 9.17) is 0 Å². The van der Waals surface area contributed by atoms with Crippen LogP contribution < -0.4 is 10.6 Å². The lowest BCUT2D eigenvalue weighted by Crippen LogP contribution is -2.34. The first-order chi connectivity index (χ1) is 11.4. The summed E-state index contributed by atoms with van der Waals surface area (Å²) in [6.07, 6.45) is -1.68. The van der Waals surface area contributed by atoms with Crippen molar-refractivity contribution in [1.82, 2.24) is 5.32 Å². The molecule has 0 fully saturated rings. The Bertz CT molecular complexity index is 743. The Kier molecular flexibility index (Phi) is 4.46. The summed E-state index contributed by atoms with van der Waals surface area (Å²) in [4.78, 5) is 12.1. The predicted molar refractivity (Wildman–Crippen MR) is 85.7 cm³/mol. The molecule has 0 aliphatic heterocycles. The summed E-state index contributed by atoms with van der Waals surface area (Å²) in [5, 5.41) is 5.33. The van der Waals surface area contributed by atoms with Crippen LogP contribution in [0.4, 0.5) is 23.7 Å². The van der Waals surface area contributed by atoms with Crippen molar-refractivity contribution in [3.63, 3.8) is 0 Å². The highest BCUT2D eigenvalue weighted by Crippen LogP contribution is 2.31. The molecule has 1 aliphatic carbocycles. The third-order valence-corrected chi connectivity index (χ3v) is 4.12. The highest BCUT2D eigenvalue weighted by molar-refractivity contribution is 5.89. The number of hydrogen-bond donors (Lipinski definition) is 2. The van der Waals surface area contributed by atoms with Crippen molar-refractivity contribution < 1.29 is 18.0 Å². The van der Waals surface area contributed by atoms with E-state index >= 15 is 0 Å². The molecule has 0 heterocycles. The van der Waals surface area contributed by atoms with E-state index in [-0.39, 0.29) is 11.7 Å². The lowest BCUT2D eigenvalue weighted by atomic mass is 9.88. The summed E-state index contributed by atoms with van der Waals surface area (Å²) in [5.41, 5.74) is 1.60. The Balaban J connectivity index is 1.69. The molecule has 0 saturated carbocycles. The molecule has 0 saturated heterocycles. The van der Waals surface area contributed by atoms with Crippen LogP contribution in [-0.2, 0) is 12.6 Å². The topological polar surface area (TPSA) is 41.1 Å². The van der Waals surface area contributed by atoms with E-state index in [1.807, 2.05) is 24.3 Å². The number of amides is 2. The molecular formula is C18H17F3N2O. The molecule has 6 heteroatoms. The summed E-state index contributed by atoms with van der Waals surface area (Å²) in [7, 11) is 0. The molecule has 0 radical (unpaired) electrons. The smallest absolute Gasteiger partial charge is 0.331 e. The zero-order valence-corrected chi connectivity index (χ0v) is 12.9. The quantitative estimate of drug-likeness (QED) is 0.805. The molecule has 2 N–H and O–H groups in total. The van der Waals surface area contributed by atoms with E-state index in [2.05, 4.69) is 10.6 Å². The summed E-state index contributed by atoms with van der Waals surface area (Å²) in [6, 6.07) is 11.9. The Morgan fingerprint density at radius 2 is 1.88 bits per heavy atom. The zero-order valence-electron chi connectivity index (χ0n) is 12.9. The number of carbonyl (C=O) groups excluding carboxylic acids is 1. The van der Waals surface area contributed by atoms with Crippen molar-refractivity contribution >= 4 is 11.7 Å². The lowest BCUT2D eigenvalue weighted by Gasteiger charge is -2.26. The van der Waals surface area contributed by atoms with Crippen molar-refractivity contribution in [2.24, 2.45) is 0 Å². The van der Waals surface area contributed by atoms with Crippen LogP contribution in [0.25, 0.3) is 0 Å². The van der Waals surface area contributed by atoms with Gasteiger partial charge in [-0.15, -0.1) is 0 Å². The van der Waals surface area contributed by atoms with E-state index in [9.17, 15) is 18.0 Å². The highest BCUT2D eigenvalue weighted by atomic mass is 19.4. The predicted octanol–water partition coefficient (Wildman–Crippen LogP) is 4.90. The van der Waals surface area contributed by atoms with Crippen molar-refractivity contribution in [3.05, 3.63) is 65.2 Å². The lowest BCUT2D eigenvalue weighted by molar-refractivity contribution is -0.137. The first-order valence-corrected chi connectivity index (χ1v) is 7.76. The fourth-order valence-corrected chi connectivity index (χ4v) is 3.00. The number of urea groups is 1. The minimum absolute atomic E-state index is 0.117. The van der Waals surface area contributed by atoms with E-state index < -0.39 is 17.8 Å². The molecular weight excluding hydrogens is 317 g/mol. The van der Waals surface area contributed by atoms with E-state index in [1.54, 1.807) is 0 Å². The van der Waals surface area contributed by atoms with Gasteiger partial charge in [-0.2, -0.15) is 13.2 Å². The monoisotopic (exact) mass is 334 g/mol. The third-order valence-electron chi connectivity index (χ3n) is 4.12. The summed E-state index contributed by atoms with van der Waals surface area (Å²) in [5.74, 6) is 0. The van der Waals surface area contributed by atoms with Gasteiger partial charge in [0, 0.05) is 5.69 Å². The van der Waals surface area contributed by atoms with Gasteiger partial charge in [-0.05, 0) is 48.6 Å². The SMILES string of the molecule is O=C(Nc1cccc(C(F)(F)F)c1)N[C@H]1CCCc2ccccc21. The van der Waals surface area contributed by atoms with E-state index in [1.165, 1.54) is 17.7 Å². The minimum atomic E-state index is -4.43. The Morgan fingerprint density at radius 1 is 1.08 bits per heavy atom. The van der Waals surface area contributed by atoms with E-state index in [0.29, 0.717) is 0 Å². The summed E-state index contributed by atoms with van der Waals surface area (Å²) >= 11 is 0. The first-order valence-electron chi connectivity index (χ1n) is 7.76. The van der Waals surface area contributed by atoms with Gasteiger partial charge in [0.15, 0.2) is 0 Å². The Morgan fingerprint density at radius 3 is 2.67 bits per heavy atom. The summed E-state index contributed by atoms with van der Waals surface area (Å²) < 4.78 is 38.1. The normalized spacial score (nSPS) is 17.0. The van der Waals surface area contributed by atoms with Crippen LogP contribution >= 0.6 is 0 Å². The Labute approximate surface area is 137 Å². The minimum Gasteiger partial charge on any atom is -0.331 e. The molecule has 2 aromatic carbocycles. The van der Waals surface area contributed by atoms with Gasteiger partial charge in [0.05, 0.1) is 11.6 Å². The Hall–Kier alpha value is -2.50. The van der Waals surface area contributed by atoms with Crippen LogP contribution in [0.15, 0.2) is 48.5 Å². The fraction of sp³-hybridized carbons (Fsp3) is 0.278. The van der Waals surface area contributed by atoms with Gasteiger partial charge < -0.3 is 10.6 Å². The van der Waals surface area contributed by atoms with Gasteiger partial charge in [-0.25, -0.2) is 4.79 Å². The van der Waals surface area contributed by atoms with Crippen molar-refractivity contribution in [3.8, 4) is 0 Å². The van der Waals surface area contributed by atoms with E-state index in [0.717, 1.165) is 37.0 Å². The number of fused-ring (bicyclic) bond motifs is 1. The number of halogens is 3. The van der Waals surface area contributed by atoms with Gasteiger partial charge >= 0.3 is 12.2 Å². The average molecular weight is 334 g/mol. The number of nitrogens with one attached hydrogen (secondary N) is 2. The second-order valence-electron chi connectivity index (χ2n) is 5.82. The van der Waals surface area contributed by atoms with Crippen molar-refractivity contribution in [2.45, 2.75) is 31.5 Å². The molecule has 3 rings (SSSR count). The standard InChI is InChI=1S/C18H17F3N2O/c19-18(20,21)13-7-4-8-14(11-13)22-17(24)23-16-10-3-6-12-5-1-2-9-15(12)16/h1-2,4-5,7-9,11,16H,3,6,10H2,(H2,22,23,24)/t16-/m0/s1. The molecule has 126 valence electrons. The largest absolute Gasteiger partial charge is 0.416 e. The zero-order chi connectivity index (χ0) is 17.2. The van der Waals surface area contributed by atoms with Crippen LogP contribution in [0.5, 0.6) is 0 Å². The van der Waals surface area contributed by atoms with Crippen molar-refractivity contribution in [1.29, 1.82) is 0 Å². The fourth-order valence-electron chi connectivity index (χ4n) is 3.00. The molecule has 0 spiro atoms. The number of benzene rings is 2. The maximum absolute atomic E-state index is 12.7. The number of alkyl halides is 3. The molecule has 2 amide bonds. The molecule has 0 bridgehead atoms. The van der Waals surface area contributed by atoms with Gasteiger partial charge in [0.2, 0.25) is 0 Å². The molecule has 1 aliphatic rings. The maximum atomic E-state index is 12.7. The number of anilines is 1. The van der Waals surface area contributed by atoms with Gasteiger partial charge in [-0.3, -0.25) is 0 Å². The average Bonchev–Trinajstić information content (AvgIpc) is 2.54. The second-order valence-corrected chi connectivity index (χ2v) is 5.82. The van der Waals surface area contributed by atoms with Crippen LogP contribution in [0.3, 0.4) is 0 Å². The highest BCUT2D eigenvalue weighted by Gasteiger charge is 2.30. The first kappa shape index (κ1) is 16.4. The number of hydrogen-bond acceptors (Lipinski definition) is 1. The number of rotatable bonds is 2. The molecule has 1 atom stereocenters. The number of aryl methyl sites for hydroxylation is 1. The second kappa shape index (κ2) is 6.55. The van der Waals surface area contributed by atoms with Gasteiger partial charge in [-0.1, -0.05) is 30.3 Å². The maximum Gasteiger partial charge on any atom is 0.416 e. The molecule has 0 unspecified atom stereocenters. The molecule has 24 heavy (non-hydrogen) atoms. The van der Waals surface area contributed by atoms with Gasteiger partial charge in [0.25, 0.3) is 0 Å². The summed E-state index contributed by atoms with van der Waals surface area (Å²) in [6.45, 7) is 0.